The van der Waals surface area contributed by atoms with Crippen molar-refractivity contribution in [1.82, 2.24) is 4.90 Å². The summed E-state index contributed by atoms with van der Waals surface area (Å²) in [7, 11) is 0. The standard InChI is InChI=1S/C21H22N4O2/c22-19(26)12-18(15-6-2-1-3-7-15)17-9-10-25(21(17)27)13-14-5-4-8-16(11-14)20(23)24/h1-8,11-12,17H,9-10,13H2,(H2,22,26)(H3,23,24)/t17-/m0/s1. The van der Waals surface area contributed by atoms with E-state index in [9.17, 15) is 9.59 Å². The van der Waals surface area contributed by atoms with E-state index >= 15 is 0 Å². The Morgan fingerprint density at radius 3 is 2.48 bits per heavy atom. The first-order valence-corrected chi connectivity index (χ1v) is 8.74. The molecule has 6 heteroatoms. The second kappa shape index (κ2) is 7.86. The molecule has 3 rings (SSSR count). The minimum atomic E-state index is -0.561. The van der Waals surface area contributed by atoms with Gasteiger partial charge in [0.05, 0.1) is 5.92 Å². The number of amides is 2. The summed E-state index contributed by atoms with van der Waals surface area (Å²) in [5.41, 5.74) is 14.0. The maximum absolute atomic E-state index is 13.0. The average molecular weight is 362 g/mol. The molecule has 0 saturated carbocycles. The molecule has 0 radical (unpaired) electrons. The second-order valence-electron chi connectivity index (χ2n) is 6.58. The predicted molar refractivity (Wildman–Crippen MR) is 105 cm³/mol. The summed E-state index contributed by atoms with van der Waals surface area (Å²) >= 11 is 0. The van der Waals surface area contributed by atoms with Crippen LogP contribution in [0, 0.1) is 11.3 Å². The smallest absolute Gasteiger partial charge is 0.241 e. The molecule has 1 heterocycles. The third-order valence-electron chi connectivity index (χ3n) is 4.69. The van der Waals surface area contributed by atoms with Gasteiger partial charge in [-0.3, -0.25) is 15.0 Å². The summed E-state index contributed by atoms with van der Waals surface area (Å²) < 4.78 is 0. The van der Waals surface area contributed by atoms with Crippen LogP contribution in [0.25, 0.3) is 5.57 Å². The maximum Gasteiger partial charge on any atom is 0.241 e. The summed E-state index contributed by atoms with van der Waals surface area (Å²) in [5, 5.41) is 7.55. The van der Waals surface area contributed by atoms with Crippen LogP contribution in [0.5, 0.6) is 0 Å². The first-order chi connectivity index (χ1) is 13.0. The van der Waals surface area contributed by atoms with Gasteiger partial charge in [-0.2, -0.15) is 0 Å². The molecule has 0 aliphatic carbocycles. The highest BCUT2D eigenvalue weighted by atomic mass is 16.2. The zero-order valence-electron chi connectivity index (χ0n) is 14.9. The number of amidine groups is 1. The van der Waals surface area contributed by atoms with E-state index in [-0.39, 0.29) is 11.7 Å². The molecule has 2 aromatic carbocycles. The number of carbonyl (C=O) groups is 2. The number of nitrogens with two attached hydrogens (primary N) is 2. The normalized spacial score (nSPS) is 17.2. The van der Waals surface area contributed by atoms with Gasteiger partial charge >= 0.3 is 0 Å². The van der Waals surface area contributed by atoms with Crippen molar-refractivity contribution in [3.05, 3.63) is 77.4 Å². The minimum absolute atomic E-state index is 0.00164. The number of benzene rings is 2. The van der Waals surface area contributed by atoms with E-state index in [1.165, 1.54) is 6.08 Å². The average Bonchev–Trinajstić information content (AvgIpc) is 3.01. The molecular weight excluding hydrogens is 340 g/mol. The van der Waals surface area contributed by atoms with Gasteiger partial charge in [-0.05, 0) is 29.2 Å². The summed E-state index contributed by atoms with van der Waals surface area (Å²) in [5.74, 6) is -0.983. The lowest BCUT2D eigenvalue weighted by molar-refractivity contribution is -0.130. The van der Waals surface area contributed by atoms with Crippen LogP contribution in [0.1, 0.15) is 23.1 Å². The van der Waals surface area contributed by atoms with Crippen molar-refractivity contribution in [2.45, 2.75) is 13.0 Å². The molecule has 5 N–H and O–H groups in total. The number of hydrogen-bond acceptors (Lipinski definition) is 3. The van der Waals surface area contributed by atoms with E-state index in [0.29, 0.717) is 30.6 Å². The monoisotopic (exact) mass is 362 g/mol. The van der Waals surface area contributed by atoms with Crippen LogP contribution in [-0.2, 0) is 16.1 Å². The van der Waals surface area contributed by atoms with Gasteiger partial charge in [-0.1, -0.05) is 48.5 Å². The van der Waals surface area contributed by atoms with Crippen LogP contribution in [0.15, 0.2) is 60.7 Å². The van der Waals surface area contributed by atoms with Crippen LogP contribution >= 0.6 is 0 Å². The van der Waals surface area contributed by atoms with E-state index in [2.05, 4.69) is 0 Å². The molecular formula is C21H22N4O2. The molecule has 1 saturated heterocycles. The van der Waals surface area contributed by atoms with Crippen molar-refractivity contribution in [3.8, 4) is 0 Å². The van der Waals surface area contributed by atoms with E-state index in [1.807, 2.05) is 48.5 Å². The van der Waals surface area contributed by atoms with Gasteiger partial charge in [-0.25, -0.2) is 0 Å². The number of rotatable bonds is 6. The highest BCUT2D eigenvalue weighted by Gasteiger charge is 2.34. The highest BCUT2D eigenvalue weighted by Crippen LogP contribution is 2.33. The zero-order chi connectivity index (χ0) is 19.4. The minimum Gasteiger partial charge on any atom is -0.384 e. The Kier molecular flexibility index (Phi) is 5.35. The van der Waals surface area contributed by atoms with Crippen molar-refractivity contribution < 1.29 is 9.59 Å². The van der Waals surface area contributed by atoms with Crippen LogP contribution in [0.4, 0.5) is 0 Å². The van der Waals surface area contributed by atoms with Gasteiger partial charge in [0.25, 0.3) is 0 Å². The maximum atomic E-state index is 13.0. The second-order valence-corrected chi connectivity index (χ2v) is 6.58. The van der Waals surface area contributed by atoms with Crippen LogP contribution in [-0.4, -0.2) is 29.1 Å². The van der Waals surface area contributed by atoms with Crippen molar-refractivity contribution in [3.63, 3.8) is 0 Å². The first kappa shape index (κ1) is 18.4. The largest absolute Gasteiger partial charge is 0.384 e. The third kappa shape index (κ3) is 4.23. The number of nitrogens with one attached hydrogen (secondary N) is 1. The molecule has 1 aliphatic rings. The summed E-state index contributed by atoms with van der Waals surface area (Å²) in [6, 6.07) is 16.7. The number of hydrogen-bond donors (Lipinski definition) is 3. The number of nitrogens with zero attached hydrogens (tertiary/aromatic N) is 1. The lowest BCUT2D eigenvalue weighted by Crippen LogP contribution is -2.27. The fraction of sp³-hybridized carbons (Fsp3) is 0.190. The Labute approximate surface area is 158 Å². The number of primary amides is 1. The van der Waals surface area contributed by atoms with Gasteiger partial charge < -0.3 is 16.4 Å². The molecule has 0 aromatic heterocycles. The van der Waals surface area contributed by atoms with Crippen molar-refractivity contribution in [2.24, 2.45) is 17.4 Å². The fourth-order valence-corrected chi connectivity index (χ4v) is 3.41. The SMILES string of the molecule is N=C(N)c1cccc(CN2CC[C@@H](C(=CC(N)=O)c3ccccc3)C2=O)c1. The first-order valence-electron chi connectivity index (χ1n) is 8.74. The third-order valence-corrected chi connectivity index (χ3v) is 4.69. The van der Waals surface area contributed by atoms with E-state index in [0.717, 1.165) is 11.1 Å². The summed E-state index contributed by atoms with van der Waals surface area (Å²) in [6.07, 6.45) is 1.98. The Morgan fingerprint density at radius 1 is 1.11 bits per heavy atom. The zero-order valence-corrected chi connectivity index (χ0v) is 14.9. The van der Waals surface area contributed by atoms with E-state index in [4.69, 9.17) is 16.9 Å². The Balaban J connectivity index is 1.82. The molecule has 6 nitrogen and oxygen atoms in total. The molecule has 0 bridgehead atoms. The van der Waals surface area contributed by atoms with Gasteiger partial charge in [0.15, 0.2) is 0 Å². The molecule has 0 unspecified atom stereocenters. The molecule has 138 valence electrons. The fourth-order valence-electron chi connectivity index (χ4n) is 3.41. The summed E-state index contributed by atoms with van der Waals surface area (Å²) in [6.45, 7) is 1.03. The van der Waals surface area contributed by atoms with Gasteiger partial charge in [0.1, 0.15) is 5.84 Å². The van der Waals surface area contributed by atoms with E-state index < -0.39 is 11.8 Å². The van der Waals surface area contributed by atoms with Crippen LogP contribution < -0.4 is 11.5 Å². The van der Waals surface area contributed by atoms with Gasteiger partial charge in [-0.15, -0.1) is 0 Å². The summed E-state index contributed by atoms with van der Waals surface area (Å²) in [4.78, 5) is 26.3. The molecule has 2 amide bonds. The quantitative estimate of drug-likeness (QED) is 0.414. The molecule has 1 fully saturated rings. The molecule has 0 spiro atoms. The predicted octanol–water partition coefficient (Wildman–Crippen LogP) is 1.89. The van der Waals surface area contributed by atoms with Gasteiger partial charge in [0.2, 0.25) is 11.8 Å². The lowest BCUT2D eigenvalue weighted by Gasteiger charge is -2.19. The molecule has 1 aliphatic heterocycles. The number of carbonyl (C=O) groups excluding carboxylic acids is 2. The lowest BCUT2D eigenvalue weighted by atomic mass is 9.90. The molecule has 2 aromatic rings. The van der Waals surface area contributed by atoms with Crippen LogP contribution in [0.2, 0.25) is 0 Å². The number of nitrogen functional groups attached to an aromatic ring is 1. The Morgan fingerprint density at radius 2 is 1.81 bits per heavy atom. The Hall–Kier alpha value is -3.41. The van der Waals surface area contributed by atoms with Crippen molar-refractivity contribution >= 4 is 23.2 Å². The van der Waals surface area contributed by atoms with Crippen molar-refractivity contribution in [1.29, 1.82) is 5.41 Å². The van der Waals surface area contributed by atoms with E-state index in [1.54, 1.807) is 11.0 Å². The molecule has 1 atom stereocenters. The van der Waals surface area contributed by atoms with Crippen LogP contribution in [0.3, 0.4) is 0 Å². The molecule has 27 heavy (non-hydrogen) atoms. The topological polar surface area (TPSA) is 113 Å². The van der Waals surface area contributed by atoms with Gasteiger partial charge in [0, 0.05) is 24.7 Å². The highest BCUT2D eigenvalue weighted by molar-refractivity contribution is 6.01. The van der Waals surface area contributed by atoms with Crippen molar-refractivity contribution in [2.75, 3.05) is 6.54 Å². The number of likely N-dealkylation sites (tertiary alicyclic amines) is 1. The Bertz CT molecular complexity index is 905.